The molecule has 4 nitrogen and oxygen atoms in total. The molecule has 1 aliphatic carbocycles. The topological polar surface area (TPSA) is 45.7 Å². The van der Waals surface area contributed by atoms with Gasteiger partial charge >= 0.3 is 0 Å². The first-order chi connectivity index (χ1) is 9.21. The van der Waals surface area contributed by atoms with Crippen molar-refractivity contribution >= 4 is 5.96 Å². The minimum absolute atomic E-state index is 0.616. The number of benzene rings is 1. The first-order valence-corrected chi connectivity index (χ1v) is 6.90. The maximum absolute atomic E-state index is 5.28. The van der Waals surface area contributed by atoms with E-state index in [1.54, 1.807) is 7.11 Å². The molecule has 0 aromatic heterocycles. The quantitative estimate of drug-likeness (QED) is 0.631. The molecule has 0 amide bonds. The highest BCUT2D eigenvalue weighted by molar-refractivity contribution is 5.80. The number of nitrogens with one attached hydrogen (secondary N) is 2. The van der Waals surface area contributed by atoms with Gasteiger partial charge in [0.25, 0.3) is 0 Å². The standard InChI is InChI=1S/C15H23N3O/c1-4-16-15(18-13-5-6-13)17-10-12-7-11(2)8-14(9-12)19-3/h7-9,13H,4-6,10H2,1-3H3,(H2,16,17,18). The van der Waals surface area contributed by atoms with Gasteiger partial charge in [-0.05, 0) is 49.9 Å². The van der Waals surface area contributed by atoms with Crippen LogP contribution in [-0.4, -0.2) is 25.7 Å². The molecule has 104 valence electrons. The molecule has 0 radical (unpaired) electrons. The van der Waals surface area contributed by atoms with Gasteiger partial charge in [0.05, 0.1) is 13.7 Å². The lowest BCUT2D eigenvalue weighted by Gasteiger charge is -2.10. The fraction of sp³-hybridized carbons (Fsp3) is 0.533. The normalized spacial score (nSPS) is 15.2. The summed E-state index contributed by atoms with van der Waals surface area (Å²) in [5, 5.41) is 6.69. The van der Waals surface area contributed by atoms with Crippen molar-refractivity contribution in [1.82, 2.24) is 10.6 Å². The Morgan fingerprint density at radius 2 is 2.16 bits per heavy atom. The lowest BCUT2D eigenvalue weighted by Crippen LogP contribution is -2.38. The average molecular weight is 261 g/mol. The third-order valence-corrected chi connectivity index (χ3v) is 3.03. The van der Waals surface area contributed by atoms with Crippen LogP contribution < -0.4 is 15.4 Å². The van der Waals surface area contributed by atoms with Crippen molar-refractivity contribution < 1.29 is 4.74 Å². The van der Waals surface area contributed by atoms with Crippen LogP contribution in [0.5, 0.6) is 5.75 Å². The molecule has 0 aliphatic heterocycles. The molecule has 4 heteroatoms. The first kappa shape index (κ1) is 13.7. The van der Waals surface area contributed by atoms with Gasteiger partial charge in [0.15, 0.2) is 5.96 Å². The Morgan fingerprint density at radius 3 is 2.79 bits per heavy atom. The highest BCUT2D eigenvalue weighted by Crippen LogP contribution is 2.19. The van der Waals surface area contributed by atoms with Gasteiger partial charge in [0.2, 0.25) is 0 Å². The van der Waals surface area contributed by atoms with Crippen LogP contribution in [-0.2, 0) is 6.54 Å². The number of nitrogens with zero attached hydrogens (tertiary/aromatic N) is 1. The van der Waals surface area contributed by atoms with Gasteiger partial charge in [-0.15, -0.1) is 0 Å². The smallest absolute Gasteiger partial charge is 0.191 e. The van der Waals surface area contributed by atoms with Gasteiger partial charge in [-0.1, -0.05) is 6.07 Å². The van der Waals surface area contributed by atoms with E-state index in [1.807, 2.05) is 12.1 Å². The Hall–Kier alpha value is -1.71. The predicted molar refractivity (Wildman–Crippen MR) is 78.7 cm³/mol. The zero-order valence-electron chi connectivity index (χ0n) is 12.0. The number of aliphatic imine (C=N–C) groups is 1. The molecule has 1 aromatic rings. The lowest BCUT2D eigenvalue weighted by molar-refractivity contribution is 0.414. The Balaban J connectivity index is 2.02. The number of ether oxygens (including phenoxy) is 1. The molecule has 0 bridgehead atoms. The number of rotatable bonds is 5. The SMILES string of the molecule is CCNC(=NCc1cc(C)cc(OC)c1)NC1CC1. The molecule has 0 heterocycles. The molecule has 1 fully saturated rings. The summed E-state index contributed by atoms with van der Waals surface area (Å²) in [6, 6.07) is 6.83. The average Bonchev–Trinajstić information content (AvgIpc) is 3.19. The molecule has 2 rings (SSSR count). The second-order valence-electron chi connectivity index (χ2n) is 4.97. The van der Waals surface area contributed by atoms with E-state index in [2.05, 4.69) is 35.5 Å². The summed E-state index contributed by atoms with van der Waals surface area (Å²) in [7, 11) is 1.69. The van der Waals surface area contributed by atoms with E-state index in [0.29, 0.717) is 12.6 Å². The van der Waals surface area contributed by atoms with Crippen LogP contribution in [0.3, 0.4) is 0 Å². The van der Waals surface area contributed by atoms with E-state index in [9.17, 15) is 0 Å². The van der Waals surface area contributed by atoms with Gasteiger partial charge in [-0.2, -0.15) is 0 Å². The van der Waals surface area contributed by atoms with Crippen LogP contribution in [0, 0.1) is 6.92 Å². The molecular formula is C15H23N3O. The Bertz CT molecular complexity index is 453. The van der Waals surface area contributed by atoms with Crippen molar-refractivity contribution in [1.29, 1.82) is 0 Å². The number of hydrogen-bond donors (Lipinski definition) is 2. The van der Waals surface area contributed by atoms with Gasteiger partial charge in [-0.25, -0.2) is 4.99 Å². The van der Waals surface area contributed by atoms with Crippen LogP contribution in [0.25, 0.3) is 0 Å². The van der Waals surface area contributed by atoms with Crippen molar-refractivity contribution in [3.05, 3.63) is 29.3 Å². The molecule has 0 unspecified atom stereocenters. The number of guanidine groups is 1. The fourth-order valence-electron chi connectivity index (χ4n) is 1.95. The van der Waals surface area contributed by atoms with Crippen molar-refractivity contribution in [3.63, 3.8) is 0 Å². The highest BCUT2D eigenvalue weighted by Gasteiger charge is 2.21. The number of hydrogen-bond acceptors (Lipinski definition) is 2. The zero-order valence-corrected chi connectivity index (χ0v) is 12.0. The lowest BCUT2D eigenvalue weighted by atomic mass is 10.1. The summed E-state index contributed by atoms with van der Waals surface area (Å²) in [6.45, 7) is 5.71. The van der Waals surface area contributed by atoms with Crippen molar-refractivity contribution in [2.24, 2.45) is 4.99 Å². The maximum Gasteiger partial charge on any atom is 0.191 e. The van der Waals surface area contributed by atoms with Gasteiger partial charge in [0.1, 0.15) is 5.75 Å². The van der Waals surface area contributed by atoms with E-state index in [1.165, 1.54) is 24.0 Å². The van der Waals surface area contributed by atoms with Gasteiger partial charge < -0.3 is 15.4 Å². The van der Waals surface area contributed by atoms with Crippen LogP contribution in [0.4, 0.5) is 0 Å². The predicted octanol–water partition coefficient (Wildman–Crippen LogP) is 2.22. The second-order valence-corrected chi connectivity index (χ2v) is 4.97. The van der Waals surface area contributed by atoms with Crippen LogP contribution in [0.15, 0.2) is 23.2 Å². The summed E-state index contributed by atoms with van der Waals surface area (Å²) < 4.78 is 5.28. The van der Waals surface area contributed by atoms with Gasteiger partial charge in [0, 0.05) is 12.6 Å². The van der Waals surface area contributed by atoms with E-state index >= 15 is 0 Å². The third kappa shape index (κ3) is 4.47. The third-order valence-electron chi connectivity index (χ3n) is 3.03. The number of aryl methyl sites for hydroxylation is 1. The van der Waals surface area contributed by atoms with Crippen LogP contribution >= 0.6 is 0 Å². The molecule has 0 saturated heterocycles. The highest BCUT2D eigenvalue weighted by atomic mass is 16.5. The monoisotopic (exact) mass is 261 g/mol. The Kier molecular flexibility index (Phi) is 4.66. The van der Waals surface area contributed by atoms with Crippen molar-refractivity contribution in [3.8, 4) is 5.75 Å². The summed E-state index contributed by atoms with van der Waals surface area (Å²) in [6.07, 6.45) is 2.51. The van der Waals surface area contributed by atoms with E-state index < -0.39 is 0 Å². The zero-order chi connectivity index (χ0) is 13.7. The number of methoxy groups -OCH3 is 1. The molecule has 1 aromatic carbocycles. The van der Waals surface area contributed by atoms with Crippen LogP contribution in [0.2, 0.25) is 0 Å². The largest absolute Gasteiger partial charge is 0.497 e. The molecule has 2 N–H and O–H groups in total. The summed E-state index contributed by atoms with van der Waals surface area (Å²) >= 11 is 0. The maximum atomic E-state index is 5.28. The van der Waals surface area contributed by atoms with E-state index in [-0.39, 0.29) is 0 Å². The van der Waals surface area contributed by atoms with E-state index in [0.717, 1.165) is 18.3 Å². The minimum Gasteiger partial charge on any atom is -0.497 e. The molecule has 0 atom stereocenters. The van der Waals surface area contributed by atoms with Crippen LogP contribution in [0.1, 0.15) is 30.9 Å². The second kappa shape index (κ2) is 6.45. The molecule has 1 saturated carbocycles. The summed E-state index contributed by atoms with van der Waals surface area (Å²) in [5.74, 6) is 1.80. The van der Waals surface area contributed by atoms with Crippen molar-refractivity contribution in [2.75, 3.05) is 13.7 Å². The molecular weight excluding hydrogens is 238 g/mol. The molecule has 0 spiro atoms. The first-order valence-electron chi connectivity index (χ1n) is 6.90. The van der Waals surface area contributed by atoms with Crippen molar-refractivity contribution in [2.45, 2.75) is 39.3 Å². The van der Waals surface area contributed by atoms with E-state index in [4.69, 9.17) is 4.74 Å². The minimum atomic E-state index is 0.616. The van der Waals surface area contributed by atoms with Gasteiger partial charge in [-0.3, -0.25) is 0 Å². The molecule has 1 aliphatic rings. The summed E-state index contributed by atoms with van der Waals surface area (Å²) in [5.41, 5.74) is 2.37. The summed E-state index contributed by atoms with van der Waals surface area (Å²) in [4.78, 5) is 4.62. The Labute approximate surface area is 115 Å². The fourth-order valence-corrected chi connectivity index (χ4v) is 1.95. The molecule has 19 heavy (non-hydrogen) atoms. The Morgan fingerprint density at radius 1 is 1.37 bits per heavy atom.